The van der Waals surface area contributed by atoms with Gasteiger partial charge in [0.2, 0.25) is 5.91 Å². The number of hydrogen-bond acceptors (Lipinski definition) is 4. The summed E-state index contributed by atoms with van der Waals surface area (Å²) in [5.41, 5.74) is 5.88. The summed E-state index contributed by atoms with van der Waals surface area (Å²) in [7, 11) is 3.22. The van der Waals surface area contributed by atoms with Gasteiger partial charge in [-0.2, -0.15) is 5.10 Å². The largest absolute Gasteiger partial charge is 0.396 e. The standard InChI is InChI=1S/C8H13N5O2/c1-13(2)6(14)4-10-8(15)7-5(9)3-11-12-7/h3H,4,9H2,1-2H3,(H,10,15)(H,11,12). The molecule has 0 unspecified atom stereocenters. The number of hydrogen-bond donors (Lipinski definition) is 3. The molecule has 0 spiro atoms. The Labute approximate surface area is 86.6 Å². The first-order chi connectivity index (χ1) is 7.02. The van der Waals surface area contributed by atoms with Crippen molar-refractivity contribution in [3.63, 3.8) is 0 Å². The number of aromatic nitrogens is 2. The Morgan fingerprint density at radius 3 is 2.73 bits per heavy atom. The summed E-state index contributed by atoms with van der Waals surface area (Å²) in [6.45, 7) is -0.0652. The summed E-state index contributed by atoms with van der Waals surface area (Å²) in [5.74, 6) is -0.637. The lowest BCUT2D eigenvalue weighted by molar-refractivity contribution is -0.127. The number of nitrogens with zero attached hydrogens (tertiary/aromatic N) is 2. The second-order valence-corrected chi connectivity index (χ2v) is 3.17. The van der Waals surface area contributed by atoms with Gasteiger partial charge in [0.1, 0.15) is 5.69 Å². The van der Waals surface area contributed by atoms with E-state index in [-0.39, 0.29) is 23.8 Å². The van der Waals surface area contributed by atoms with E-state index in [2.05, 4.69) is 15.5 Å². The van der Waals surface area contributed by atoms with Crippen LogP contribution >= 0.6 is 0 Å². The topological polar surface area (TPSA) is 104 Å². The first-order valence-corrected chi connectivity index (χ1v) is 4.29. The number of carbonyl (C=O) groups excluding carboxylic acids is 2. The highest BCUT2D eigenvalue weighted by molar-refractivity contribution is 5.98. The number of H-pyrrole nitrogens is 1. The lowest BCUT2D eigenvalue weighted by atomic mass is 10.3. The Kier molecular flexibility index (Phi) is 3.27. The molecular weight excluding hydrogens is 198 g/mol. The van der Waals surface area contributed by atoms with Gasteiger partial charge in [-0.15, -0.1) is 0 Å². The van der Waals surface area contributed by atoms with Crippen LogP contribution in [0.25, 0.3) is 0 Å². The Balaban J connectivity index is 2.51. The van der Waals surface area contributed by atoms with E-state index in [1.807, 2.05) is 0 Å². The zero-order chi connectivity index (χ0) is 11.4. The van der Waals surface area contributed by atoms with Crippen LogP contribution in [0.3, 0.4) is 0 Å². The van der Waals surface area contributed by atoms with E-state index in [1.165, 1.54) is 11.1 Å². The monoisotopic (exact) mass is 211 g/mol. The minimum Gasteiger partial charge on any atom is -0.396 e. The second kappa shape index (κ2) is 4.45. The molecule has 1 aromatic heterocycles. The minimum absolute atomic E-state index is 0.0652. The van der Waals surface area contributed by atoms with Gasteiger partial charge in [0.25, 0.3) is 5.91 Å². The molecule has 15 heavy (non-hydrogen) atoms. The summed E-state index contributed by atoms with van der Waals surface area (Å²) in [5, 5.41) is 8.47. The van der Waals surface area contributed by atoms with Crippen LogP contribution in [0.2, 0.25) is 0 Å². The molecule has 0 fully saturated rings. The molecule has 2 amide bonds. The van der Waals surface area contributed by atoms with Crippen LogP contribution in [0, 0.1) is 0 Å². The predicted octanol–water partition coefficient (Wildman–Crippen LogP) is -1.19. The van der Waals surface area contributed by atoms with Crippen LogP contribution in [0.4, 0.5) is 5.69 Å². The van der Waals surface area contributed by atoms with Crippen LogP contribution in [-0.2, 0) is 4.79 Å². The molecule has 0 aliphatic rings. The van der Waals surface area contributed by atoms with Gasteiger partial charge in [-0.25, -0.2) is 0 Å². The van der Waals surface area contributed by atoms with Crippen LogP contribution in [-0.4, -0.2) is 47.6 Å². The maximum absolute atomic E-state index is 11.4. The van der Waals surface area contributed by atoms with E-state index < -0.39 is 5.91 Å². The Bertz CT molecular complexity index is 371. The molecular formula is C8H13N5O2. The number of nitrogen functional groups attached to an aromatic ring is 1. The average Bonchev–Trinajstić information content (AvgIpc) is 2.60. The lowest BCUT2D eigenvalue weighted by Crippen LogP contribution is -2.36. The third-order valence-corrected chi connectivity index (χ3v) is 1.79. The highest BCUT2D eigenvalue weighted by Crippen LogP contribution is 2.04. The number of aromatic amines is 1. The Hall–Kier alpha value is -2.05. The van der Waals surface area contributed by atoms with Gasteiger partial charge in [-0.3, -0.25) is 14.7 Å². The molecule has 0 atom stereocenters. The maximum atomic E-state index is 11.4. The molecule has 7 nitrogen and oxygen atoms in total. The fourth-order valence-corrected chi connectivity index (χ4v) is 0.880. The van der Waals surface area contributed by atoms with Gasteiger partial charge in [-0.1, -0.05) is 0 Å². The molecule has 0 aromatic carbocycles. The molecule has 0 aliphatic heterocycles. The van der Waals surface area contributed by atoms with Crippen molar-refractivity contribution in [1.29, 1.82) is 0 Å². The molecule has 1 rings (SSSR count). The van der Waals surface area contributed by atoms with Gasteiger partial charge in [0.05, 0.1) is 18.4 Å². The molecule has 0 aliphatic carbocycles. The minimum atomic E-state index is -0.444. The van der Waals surface area contributed by atoms with Crippen molar-refractivity contribution < 1.29 is 9.59 Å². The molecule has 7 heteroatoms. The van der Waals surface area contributed by atoms with Crippen molar-refractivity contribution in [3.05, 3.63) is 11.9 Å². The van der Waals surface area contributed by atoms with E-state index >= 15 is 0 Å². The van der Waals surface area contributed by atoms with E-state index in [0.29, 0.717) is 0 Å². The molecule has 0 saturated carbocycles. The summed E-state index contributed by atoms with van der Waals surface area (Å²) >= 11 is 0. The van der Waals surface area contributed by atoms with Gasteiger partial charge < -0.3 is 16.0 Å². The molecule has 1 heterocycles. The Morgan fingerprint density at radius 1 is 1.60 bits per heavy atom. The summed E-state index contributed by atoms with van der Waals surface area (Å²) in [4.78, 5) is 24.0. The highest BCUT2D eigenvalue weighted by atomic mass is 16.2. The summed E-state index contributed by atoms with van der Waals surface area (Å²) in [6, 6.07) is 0. The molecule has 4 N–H and O–H groups in total. The Morgan fingerprint density at radius 2 is 2.27 bits per heavy atom. The molecule has 0 radical (unpaired) electrons. The van der Waals surface area contributed by atoms with Crippen LogP contribution < -0.4 is 11.1 Å². The third kappa shape index (κ3) is 2.70. The van der Waals surface area contributed by atoms with Crippen molar-refractivity contribution in [1.82, 2.24) is 20.4 Å². The first kappa shape index (κ1) is 11.0. The second-order valence-electron chi connectivity index (χ2n) is 3.17. The SMILES string of the molecule is CN(C)C(=O)CNC(=O)c1[nH]ncc1N. The molecule has 0 saturated heterocycles. The number of nitrogens with one attached hydrogen (secondary N) is 2. The fourth-order valence-electron chi connectivity index (χ4n) is 0.880. The molecule has 82 valence electrons. The average molecular weight is 211 g/mol. The number of nitrogens with two attached hydrogens (primary N) is 1. The van der Waals surface area contributed by atoms with Crippen LogP contribution in [0.15, 0.2) is 6.20 Å². The van der Waals surface area contributed by atoms with E-state index in [4.69, 9.17) is 5.73 Å². The van der Waals surface area contributed by atoms with Crippen LogP contribution in [0.5, 0.6) is 0 Å². The first-order valence-electron chi connectivity index (χ1n) is 4.29. The fraction of sp³-hybridized carbons (Fsp3) is 0.375. The normalized spacial score (nSPS) is 9.73. The van der Waals surface area contributed by atoms with Crippen LogP contribution in [0.1, 0.15) is 10.5 Å². The van der Waals surface area contributed by atoms with E-state index in [0.717, 1.165) is 0 Å². The number of amides is 2. The molecule has 0 bridgehead atoms. The van der Waals surface area contributed by atoms with Gasteiger partial charge in [0, 0.05) is 14.1 Å². The number of rotatable bonds is 3. The van der Waals surface area contributed by atoms with Gasteiger partial charge in [-0.05, 0) is 0 Å². The predicted molar refractivity (Wildman–Crippen MR) is 54.0 cm³/mol. The summed E-state index contributed by atoms with van der Waals surface area (Å²) in [6.07, 6.45) is 1.34. The van der Waals surface area contributed by atoms with Crippen molar-refractivity contribution in [2.24, 2.45) is 0 Å². The van der Waals surface area contributed by atoms with Gasteiger partial charge >= 0.3 is 0 Å². The van der Waals surface area contributed by atoms with E-state index in [9.17, 15) is 9.59 Å². The zero-order valence-electron chi connectivity index (χ0n) is 8.57. The van der Waals surface area contributed by atoms with Gasteiger partial charge in [0.15, 0.2) is 0 Å². The zero-order valence-corrected chi connectivity index (χ0v) is 8.57. The maximum Gasteiger partial charge on any atom is 0.271 e. The molecule has 1 aromatic rings. The lowest BCUT2D eigenvalue weighted by Gasteiger charge is -2.10. The van der Waals surface area contributed by atoms with Crippen molar-refractivity contribution >= 4 is 17.5 Å². The van der Waals surface area contributed by atoms with Crippen molar-refractivity contribution in [3.8, 4) is 0 Å². The third-order valence-electron chi connectivity index (χ3n) is 1.79. The van der Waals surface area contributed by atoms with Crippen molar-refractivity contribution in [2.75, 3.05) is 26.4 Å². The van der Waals surface area contributed by atoms with E-state index in [1.54, 1.807) is 14.1 Å². The highest BCUT2D eigenvalue weighted by Gasteiger charge is 2.13. The number of likely N-dealkylation sites (N-methyl/N-ethyl adjacent to an activating group) is 1. The summed E-state index contributed by atoms with van der Waals surface area (Å²) < 4.78 is 0. The smallest absolute Gasteiger partial charge is 0.271 e. The number of carbonyl (C=O) groups is 2. The van der Waals surface area contributed by atoms with Crippen molar-refractivity contribution in [2.45, 2.75) is 0 Å². The number of anilines is 1. The quantitative estimate of drug-likeness (QED) is 0.584.